The molecule has 0 fully saturated rings. The Bertz CT molecular complexity index is 931. The van der Waals surface area contributed by atoms with Crippen molar-refractivity contribution in [3.63, 3.8) is 0 Å². The van der Waals surface area contributed by atoms with Gasteiger partial charge < -0.3 is 9.15 Å². The van der Waals surface area contributed by atoms with Gasteiger partial charge in [0.2, 0.25) is 0 Å². The van der Waals surface area contributed by atoms with Gasteiger partial charge in [0.25, 0.3) is 0 Å². The highest BCUT2D eigenvalue weighted by Gasteiger charge is 2.09. The number of halogens is 1. The fourth-order valence-electron chi connectivity index (χ4n) is 2.34. The molecule has 1 heterocycles. The molecular formula is C17H14ClNO4. The largest absolute Gasteiger partial charge is 0.494 e. The van der Waals surface area contributed by atoms with Crippen LogP contribution in [0.4, 0.5) is 0 Å². The van der Waals surface area contributed by atoms with Crippen LogP contribution in [0.1, 0.15) is 6.42 Å². The fraction of sp³-hybridized carbons (Fsp3) is 0.176. The van der Waals surface area contributed by atoms with Crippen molar-refractivity contribution in [1.82, 2.24) is 4.57 Å². The minimum atomic E-state index is -0.677. The van der Waals surface area contributed by atoms with Crippen molar-refractivity contribution in [3.8, 4) is 5.75 Å². The van der Waals surface area contributed by atoms with Gasteiger partial charge in [-0.3, -0.25) is 4.57 Å². The Morgan fingerprint density at radius 1 is 1.09 bits per heavy atom. The maximum absolute atomic E-state index is 11.9. The summed E-state index contributed by atoms with van der Waals surface area (Å²) in [5.74, 6) is 0.0978. The van der Waals surface area contributed by atoms with E-state index in [-0.39, 0.29) is 0 Å². The van der Waals surface area contributed by atoms with Crippen LogP contribution >= 0.6 is 11.6 Å². The predicted molar refractivity (Wildman–Crippen MR) is 88.3 cm³/mol. The van der Waals surface area contributed by atoms with E-state index in [9.17, 15) is 9.59 Å². The number of para-hydroxylation sites is 1. The lowest BCUT2D eigenvalue weighted by atomic mass is 10.2. The molecule has 0 amide bonds. The van der Waals surface area contributed by atoms with Crippen LogP contribution in [0.25, 0.3) is 10.9 Å². The molecule has 0 unspecified atom stereocenters. The van der Waals surface area contributed by atoms with Crippen LogP contribution in [-0.4, -0.2) is 11.2 Å². The highest BCUT2D eigenvalue weighted by molar-refractivity contribution is 6.31. The van der Waals surface area contributed by atoms with Crippen molar-refractivity contribution in [3.05, 3.63) is 74.5 Å². The summed E-state index contributed by atoms with van der Waals surface area (Å²) < 4.78 is 11.8. The zero-order valence-corrected chi connectivity index (χ0v) is 13.0. The van der Waals surface area contributed by atoms with Gasteiger partial charge in [-0.1, -0.05) is 29.8 Å². The van der Waals surface area contributed by atoms with Crippen LogP contribution in [0.5, 0.6) is 5.75 Å². The molecule has 1 aromatic heterocycles. The minimum absolute atomic E-state index is 0.293. The molecule has 0 aliphatic carbocycles. The molecule has 118 valence electrons. The molecule has 0 N–H and O–H groups in total. The number of hydrogen-bond donors (Lipinski definition) is 0. The second kappa shape index (κ2) is 6.71. The summed E-state index contributed by atoms with van der Waals surface area (Å²) in [7, 11) is 0. The van der Waals surface area contributed by atoms with Gasteiger partial charge in [-0.2, -0.15) is 0 Å². The standard InChI is InChI=1S/C17H14ClNO4/c18-12-7-8-15-14(11-12)16(20)23-17(21)19(15)9-4-10-22-13-5-2-1-3-6-13/h1-3,5-8,11H,4,9-10H2. The molecule has 0 bridgehead atoms. The Kier molecular flexibility index (Phi) is 4.48. The van der Waals surface area contributed by atoms with Crippen molar-refractivity contribution < 1.29 is 9.15 Å². The molecule has 0 saturated carbocycles. The third-order valence-corrected chi connectivity index (χ3v) is 3.64. The lowest BCUT2D eigenvalue weighted by molar-refractivity contribution is 0.296. The smallest absolute Gasteiger partial charge is 0.422 e. The minimum Gasteiger partial charge on any atom is -0.494 e. The van der Waals surface area contributed by atoms with E-state index in [0.717, 1.165) is 5.75 Å². The second-order valence-corrected chi connectivity index (χ2v) is 5.42. The molecule has 0 atom stereocenters. The van der Waals surface area contributed by atoms with Crippen LogP contribution in [0, 0.1) is 0 Å². The van der Waals surface area contributed by atoms with Gasteiger partial charge in [0.1, 0.15) is 5.75 Å². The molecular weight excluding hydrogens is 318 g/mol. The van der Waals surface area contributed by atoms with Gasteiger partial charge in [0, 0.05) is 11.6 Å². The Balaban J connectivity index is 1.78. The Hall–Kier alpha value is -2.53. The zero-order chi connectivity index (χ0) is 16.2. The second-order valence-electron chi connectivity index (χ2n) is 4.98. The summed E-state index contributed by atoms with van der Waals surface area (Å²) in [5.41, 5.74) is -0.167. The third kappa shape index (κ3) is 3.46. The van der Waals surface area contributed by atoms with Gasteiger partial charge >= 0.3 is 11.4 Å². The molecule has 0 radical (unpaired) electrons. The normalized spacial score (nSPS) is 10.8. The molecule has 6 heteroatoms. The van der Waals surface area contributed by atoms with E-state index in [1.54, 1.807) is 12.1 Å². The molecule has 0 saturated heterocycles. The van der Waals surface area contributed by atoms with E-state index in [1.165, 1.54) is 10.6 Å². The number of fused-ring (bicyclic) bond motifs is 1. The lowest BCUT2D eigenvalue weighted by Crippen LogP contribution is -2.25. The van der Waals surface area contributed by atoms with Crippen molar-refractivity contribution in [2.45, 2.75) is 13.0 Å². The van der Waals surface area contributed by atoms with Crippen LogP contribution in [0.15, 0.2) is 62.5 Å². The first-order valence-electron chi connectivity index (χ1n) is 7.16. The van der Waals surface area contributed by atoms with Gasteiger partial charge in [0.15, 0.2) is 0 Å². The number of aromatic nitrogens is 1. The monoisotopic (exact) mass is 331 g/mol. The number of nitrogens with zero attached hydrogens (tertiary/aromatic N) is 1. The number of hydrogen-bond acceptors (Lipinski definition) is 4. The highest BCUT2D eigenvalue weighted by Crippen LogP contribution is 2.15. The first kappa shape index (κ1) is 15.4. The van der Waals surface area contributed by atoms with Crippen LogP contribution in [-0.2, 0) is 6.54 Å². The van der Waals surface area contributed by atoms with Gasteiger partial charge in [-0.25, -0.2) is 9.59 Å². The molecule has 0 aliphatic rings. The summed E-state index contributed by atoms with van der Waals surface area (Å²) in [4.78, 5) is 23.7. The fourth-order valence-corrected chi connectivity index (χ4v) is 2.51. The summed E-state index contributed by atoms with van der Waals surface area (Å²) in [6.45, 7) is 0.832. The SMILES string of the molecule is O=c1oc(=O)n(CCCOc2ccccc2)c2ccc(Cl)cc12. The predicted octanol–water partition coefficient (Wildman–Crippen LogP) is 3.08. The third-order valence-electron chi connectivity index (χ3n) is 3.41. The Labute approximate surface area is 136 Å². The van der Waals surface area contributed by atoms with Gasteiger partial charge in [-0.15, -0.1) is 0 Å². The number of rotatable bonds is 5. The Morgan fingerprint density at radius 2 is 1.87 bits per heavy atom. The molecule has 2 aromatic carbocycles. The summed E-state index contributed by atoms with van der Waals surface area (Å²) >= 11 is 5.89. The zero-order valence-electron chi connectivity index (χ0n) is 12.2. The highest BCUT2D eigenvalue weighted by atomic mass is 35.5. The molecule has 0 spiro atoms. The molecule has 3 aromatic rings. The van der Waals surface area contributed by atoms with Crippen LogP contribution < -0.4 is 16.1 Å². The van der Waals surface area contributed by atoms with Crippen molar-refractivity contribution in [2.75, 3.05) is 6.61 Å². The van der Waals surface area contributed by atoms with E-state index in [2.05, 4.69) is 0 Å². The molecule has 3 rings (SSSR count). The lowest BCUT2D eigenvalue weighted by Gasteiger charge is -2.09. The van der Waals surface area contributed by atoms with E-state index in [1.807, 2.05) is 30.3 Å². The van der Waals surface area contributed by atoms with Crippen molar-refractivity contribution in [1.29, 1.82) is 0 Å². The molecule has 23 heavy (non-hydrogen) atoms. The molecule has 5 nitrogen and oxygen atoms in total. The van der Waals surface area contributed by atoms with E-state index >= 15 is 0 Å². The Morgan fingerprint density at radius 3 is 2.65 bits per heavy atom. The first-order valence-corrected chi connectivity index (χ1v) is 7.54. The van der Waals surface area contributed by atoms with Crippen LogP contribution in [0.2, 0.25) is 5.02 Å². The van der Waals surface area contributed by atoms with Gasteiger partial charge in [0.05, 0.1) is 17.5 Å². The van der Waals surface area contributed by atoms with E-state index in [4.69, 9.17) is 20.8 Å². The quantitative estimate of drug-likeness (QED) is 0.674. The average molecular weight is 332 g/mol. The van der Waals surface area contributed by atoms with E-state index in [0.29, 0.717) is 35.5 Å². The number of benzene rings is 2. The maximum Gasteiger partial charge on any atom is 0.422 e. The van der Waals surface area contributed by atoms with Crippen molar-refractivity contribution >= 4 is 22.5 Å². The summed E-state index contributed by atoms with van der Waals surface area (Å²) in [6, 6.07) is 14.2. The summed E-state index contributed by atoms with van der Waals surface area (Å²) in [6.07, 6.45) is 0.597. The summed E-state index contributed by atoms with van der Waals surface area (Å²) in [5, 5.41) is 0.712. The van der Waals surface area contributed by atoms with Gasteiger partial charge in [-0.05, 0) is 36.8 Å². The first-order chi connectivity index (χ1) is 11.1. The van der Waals surface area contributed by atoms with E-state index < -0.39 is 11.4 Å². The number of ether oxygens (including phenoxy) is 1. The van der Waals surface area contributed by atoms with Crippen LogP contribution in [0.3, 0.4) is 0 Å². The topological polar surface area (TPSA) is 61.4 Å². The maximum atomic E-state index is 11.9. The molecule has 0 aliphatic heterocycles. The number of aryl methyl sites for hydroxylation is 1. The van der Waals surface area contributed by atoms with Crippen molar-refractivity contribution in [2.24, 2.45) is 0 Å². The average Bonchev–Trinajstić information content (AvgIpc) is 2.55.